The number of ether oxygens (including phenoxy) is 2. The second-order valence-corrected chi connectivity index (χ2v) is 19.4. The van der Waals surface area contributed by atoms with Gasteiger partial charge in [0.2, 0.25) is 0 Å². The number of unbranched alkanes of at least 4 members (excludes halogenated alkanes) is 24. The number of hydrogen-bond acceptors (Lipinski definition) is 21. The van der Waals surface area contributed by atoms with Gasteiger partial charge >= 0.3 is 46.0 Å². The van der Waals surface area contributed by atoms with Crippen LogP contribution in [0.3, 0.4) is 0 Å². The van der Waals surface area contributed by atoms with Crippen molar-refractivity contribution in [3.63, 3.8) is 0 Å². The van der Waals surface area contributed by atoms with Crippen LogP contribution >= 0.6 is 34.1 Å². The zero-order valence-corrected chi connectivity index (χ0v) is 42.5. The topological polar surface area (TPSA) is 305 Å². The van der Waals surface area contributed by atoms with E-state index in [1.54, 1.807) is 0 Å². The molecule has 1 fully saturated rings. The van der Waals surface area contributed by atoms with Gasteiger partial charge in [0.05, 0.1) is 0 Å². The molecule has 21 nitrogen and oxygen atoms in total. The largest absolute Gasteiger partial charge is 0.698 e. The first-order valence-electron chi connectivity index (χ1n) is 23.8. The highest BCUT2D eigenvalue weighted by molar-refractivity contribution is 7.39. The summed E-state index contributed by atoms with van der Waals surface area (Å²) in [7, 11) is -13.1. The Morgan fingerprint density at radius 2 is 0.803 bits per heavy atom. The van der Waals surface area contributed by atoms with Crippen LogP contribution in [0.1, 0.15) is 194 Å². The minimum atomic E-state index is -3.34. The minimum absolute atomic E-state index is 0.0757. The van der Waals surface area contributed by atoms with Gasteiger partial charge in [0.25, 0.3) is 0 Å². The van der Waals surface area contributed by atoms with Crippen LogP contribution in [0.25, 0.3) is 0 Å². The quantitative estimate of drug-likeness (QED) is 0.00928. The summed E-state index contributed by atoms with van der Waals surface area (Å²) in [6, 6.07) is 0. The smallest absolute Gasteiger partial charge is 0.462 e. The minimum Gasteiger partial charge on any atom is -0.462 e. The fourth-order valence-corrected chi connectivity index (χ4v) is 8.67. The maximum atomic E-state index is 13.1. The first-order valence-corrected chi connectivity index (χ1v) is 28.4. The van der Waals surface area contributed by atoms with Crippen LogP contribution in [0.5, 0.6) is 0 Å². The van der Waals surface area contributed by atoms with Crippen LogP contribution < -0.4 is 0 Å². The predicted molar refractivity (Wildman–Crippen MR) is 244 cm³/mol. The van der Waals surface area contributed by atoms with E-state index in [0.29, 0.717) is 12.8 Å². The maximum Gasteiger partial charge on any atom is 0.698 e. The normalized spacial score (nSPS) is 20.7. The number of esters is 2. The van der Waals surface area contributed by atoms with E-state index in [1.165, 1.54) is 103 Å². The molecule has 0 amide bonds. The lowest BCUT2D eigenvalue weighted by atomic mass is 9.85. The van der Waals surface area contributed by atoms with Crippen LogP contribution in [-0.2, 0) is 61.4 Å². The highest BCUT2D eigenvalue weighted by Crippen LogP contribution is 2.41. The molecule has 0 radical (unpaired) electrons. The van der Waals surface area contributed by atoms with E-state index in [2.05, 4.69) is 27.9 Å². The zero-order valence-electron chi connectivity index (χ0n) is 38.9. The molecule has 25 heteroatoms. The van der Waals surface area contributed by atoms with E-state index >= 15 is 0 Å². The van der Waals surface area contributed by atoms with Gasteiger partial charge in [0.15, 0.2) is 30.5 Å². The molecule has 1 aliphatic carbocycles. The Labute approximate surface area is 395 Å². The summed E-state index contributed by atoms with van der Waals surface area (Å²) >= 11 is 0. The van der Waals surface area contributed by atoms with Crippen LogP contribution in [0.15, 0.2) is 0 Å². The fraction of sp³-hybridized carbons (Fsp3) is 0.951. The Kier molecular flexibility index (Phi) is 40.9. The molecule has 1 aliphatic rings. The maximum absolute atomic E-state index is 13.1. The average molecular weight is 1030 g/mol. The van der Waals surface area contributed by atoms with Gasteiger partial charge in [-0.05, 0) is 12.8 Å². The summed E-state index contributed by atoms with van der Waals surface area (Å²) in [6.07, 6.45) is 16.0. The number of hydrogen-bond donors (Lipinski definition) is 8. The first-order chi connectivity index (χ1) is 31.8. The van der Waals surface area contributed by atoms with E-state index < -0.39 is 102 Å². The van der Waals surface area contributed by atoms with Gasteiger partial charge in [0, 0.05) is 17.4 Å². The van der Waals surface area contributed by atoms with Crippen molar-refractivity contribution < 1.29 is 101 Å². The van der Waals surface area contributed by atoms with Crippen LogP contribution in [-0.4, -0.2) is 107 Å². The van der Waals surface area contributed by atoms with Crippen molar-refractivity contribution in [3.8, 4) is 0 Å². The fourth-order valence-electron chi connectivity index (χ4n) is 7.34. The molecule has 8 N–H and O–H groups in total. The summed E-state index contributed by atoms with van der Waals surface area (Å²) in [5, 5.41) is 22.1. The second-order valence-electron chi connectivity index (χ2n) is 16.5. The second kappa shape index (κ2) is 42.4. The summed E-state index contributed by atoms with van der Waals surface area (Å²) < 4.78 is 47.6. The predicted octanol–water partition coefficient (Wildman–Crippen LogP) is 8.78. The van der Waals surface area contributed by atoms with E-state index in [1.807, 2.05) is 0 Å². The van der Waals surface area contributed by atoms with Gasteiger partial charge in [0.1, 0.15) is 25.4 Å². The standard InChI is InChI=1S/C41H81O21P4/c1-3-5-7-9-11-13-15-17-19-21-23-25-27-29-34(42)53-31-33(55-35(43)30-28-26-24-22-20-18-16-14-12-10-8-6-4-2)32-54-66(52)59-38-36(44)39(56-60-63(46)47)41(58-62-65(50)51)40(37(38)45)57-61-64(48)49/h33,36-41,44-51H,3-32H2,1-2H3/q+1. The van der Waals surface area contributed by atoms with Crippen molar-refractivity contribution in [1.29, 1.82) is 0 Å². The highest BCUT2D eigenvalue weighted by atomic mass is 31.2. The summed E-state index contributed by atoms with van der Waals surface area (Å²) in [4.78, 5) is 95.2. The molecule has 1 saturated carbocycles. The lowest BCUT2D eigenvalue weighted by molar-refractivity contribution is -0.410. The molecule has 0 heterocycles. The third-order valence-electron chi connectivity index (χ3n) is 10.9. The lowest BCUT2D eigenvalue weighted by Gasteiger charge is -2.42. The lowest BCUT2D eigenvalue weighted by Crippen LogP contribution is -2.65. The van der Waals surface area contributed by atoms with Crippen molar-refractivity contribution in [2.24, 2.45) is 0 Å². The Hall–Kier alpha value is -0.310. The van der Waals surface area contributed by atoms with Crippen LogP contribution in [0.4, 0.5) is 0 Å². The average Bonchev–Trinajstić information content (AvgIpc) is 3.27. The Morgan fingerprint density at radius 3 is 1.17 bits per heavy atom. The van der Waals surface area contributed by atoms with Gasteiger partial charge < -0.3 is 49.0 Å². The molecule has 66 heavy (non-hydrogen) atoms. The molecule has 0 aromatic rings. The molecule has 1 rings (SSSR count). The number of aliphatic hydroxyl groups is 2. The third-order valence-corrected chi connectivity index (χ3v) is 12.4. The first kappa shape index (κ1) is 63.7. The van der Waals surface area contributed by atoms with E-state index in [-0.39, 0.29) is 12.8 Å². The van der Waals surface area contributed by atoms with Crippen LogP contribution in [0, 0.1) is 0 Å². The number of aliphatic hydroxyl groups excluding tert-OH is 2. The Morgan fingerprint density at radius 1 is 0.470 bits per heavy atom. The molecule has 6 atom stereocenters. The summed E-state index contributed by atoms with van der Waals surface area (Å²) in [5.74, 6) is -1.12. The van der Waals surface area contributed by atoms with Gasteiger partial charge in [-0.25, -0.2) is 14.7 Å². The van der Waals surface area contributed by atoms with Gasteiger partial charge in [-0.2, -0.15) is 14.0 Å². The molecule has 6 unspecified atom stereocenters. The molecule has 0 spiro atoms. The number of carbonyl (C=O) groups excluding carboxylic acids is 2. The molecule has 0 aliphatic heterocycles. The molecular weight excluding hydrogens is 952 g/mol. The van der Waals surface area contributed by atoms with Crippen molar-refractivity contribution >= 4 is 46.0 Å². The SMILES string of the molecule is CCCCCCCCCCCCCCCC(=O)OCC(CO[P+](=O)OC1C(O)C(OOP(O)O)C(OOP(O)O)C(OOP(O)O)C1O)OC(=O)CCCCCCCCCCCCCCC. The molecule has 0 aromatic heterocycles. The van der Waals surface area contributed by atoms with Gasteiger partial charge in [-0.3, -0.25) is 9.59 Å². The van der Waals surface area contributed by atoms with Gasteiger partial charge in [-0.15, -0.1) is 9.05 Å². The van der Waals surface area contributed by atoms with Crippen molar-refractivity contribution in [3.05, 3.63) is 0 Å². The van der Waals surface area contributed by atoms with Crippen molar-refractivity contribution in [1.82, 2.24) is 0 Å². The molecular formula is C41H81O21P4+. The zero-order chi connectivity index (χ0) is 48.8. The van der Waals surface area contributed by atoms with E-state index in [0.717, 1.165) is 51.4 Å². The van der Waals surface area contributed by atoms with Gasteiger partial charge in [-0.1, -0.05) is 168 Å². The van der Waals surface area contributed by atoms with Crippen LogP contribution in [0.2, 0.25) is 0 Å². The third kappa shape index (κ3) is 33.3. The molecule has 390 valence electrons. The molecule has 0 bridgehead atoms. The van der Waals surface area contributed by atoms with E-state index in [9.17, 15) is 53.7 Å². The summed E-state index contributed by atoms with van der Waals surface area (Å²) in [6.45, 7) is 3.36. The van der Waals surface area contributed by atoms with Crippen molar-refractivity contribution in [2.45, 2.75) is 236 Å². The van der Waals surface area contributed by atoms with E-state index in [4.69, 9.17) is 33.2 Å². The Bertz CT molecular complexity index is 1170. The highest BCUT2D eigenvalue weighted by Gasteiger charge is 2.58. The number of carbonyl (C=O) groups is 2. The summed E-state index contributed by atoms with van der Waals surface area (Å²) in [5.41, 5.74) is 0. The monoisotopic (exact) mass is 1030 g/mol. The Balaban J connectivity index is 2.79. The molecule has 0 aromatic carbocycles. The molecule has 0 saturated heterocycles. The van der Waals surface area contributed by atoms with Crippen molar-refractivity contribution in [2.75, 3.05) is 13.2 Å². The number of rotatable bonds is 45.